The van der Waals surface area contributed by atoms with Crippen molar-refractivity contribution in [3.8, 4) is 0 Å². The molecule has 5 heteroatoms. The van der Waals surface area contributed by atoms with E-state index < -0.39 is 5.60 Å². The van der Waals surface area contributed by atoms with Crippen molar-refractivity contribution in [3.63, 3.8) is 0 Å². The molecule has 0 aliphatic carbocycles. The van der Waals surface area contributed by atoms with Crippen molar-refractivity contribution in [2.24, 2.45) is 5.92 Å². The minimum Gasteiger partial charge on any atom is -0.444 e. The summed E-state index contributed by atoms with van der Waals surface area (Å²) in [6, 6.07) is 0.150. The van der Waals surface area contributed by atoms with Gasteiger partial charge in [-0.05, 0) is 73.5 Å². The molecule has 0 radical (unpaired) electrons. The van der Waals surface area contributed by atoms with E-state index in [0.717, 1.165) is 19.0 Å². The number of carbonyl (C=O) groups excluding carboxylic acids is 1. The number of nitrogens with zero attached hydrogens (tertiary/aromatic N) is 2. The Labute approximate surface area is 136 Å². The molecule has 0 aromatic carbocycles. The van der Waals surface area contributed by atoms with E-state index in [1.807, 2.05) is 34.6 Å². The van der Waals surface area contributed by atoms with Gasteiger partial charge in [-0.25, -0.2) is 4.79 Å². The van der Waals surface area contributed by atoms with E-state index >= 15 is 0 Å². The Bertz CT molecular complexity index is 339. The molecular weight excluding hydrogens is 278 g/mol. The second-order valence-corrected chi connectivity index (χ2v) is 7.74. The van der Waals surface area contributed by atoms with E-state index in [1.54, 1.807) is 4.90 Å². The maximum atomic E-state index is 12.2. The molecule has 1 saturated heterocycles. The number of likely N-dealkylation sites (tertiary alicyclic amines) is 1. The molecule has 1 atom stereocenters. The first-order chi connectivity index (χ1) is 10.2. The Morgan fingerprint density at radius 2 is 2.09 bits per heavy atom. The summed E-state index contributed by atoms with van der Waals surface area (Å²) in [5, 5.41) is 3.50. The van der Waals surface area contributed by atoms with Gasteiger partial charge in [0.25, 0.3) is 0 Å². The Hall–Kier alpha value is -0.810. The van der Waals surface area contributed by atoms with Gasteiger partial charge in [0.15, 0.2) is 0 Å². The number of piperidine rings is 1. The van der Waals surface area contributed by atoms with Crippen LogP contribution in [0.25, 0.3) is 0 Å². The number of ether oxygens (including phenoxy) is 1. The molecule has 1 rings (SSSR count). The summed E-state index contributed by atoms with van der Waals surface area (Å²) in [5.74, 6) is 0.729. The molecule has 0 aromatic heterocycles. The fourth-order valence-electron chi connectivity index (χ4n) is 2.83. The first-order valence-electron chi connectivity index (χ1n) is 8.58. The van der Waals surface area contributed by atoms with Crippen molar-refractivity contribution in [3.05, 3.63) is 0 Å². The Balaban J connectivity index is 2.31. The standard InChI is InChI=1S/C17H35N3O2/c1-14(2)20(16(21)22-17(3,4)5)11-9-18-12-15-8-7-10-19(6)13-15/h14-15,18H,7-13H2,1-6H3. The lowest BCUT2D eigenvalue weighted by Crippen LogP contribution is -2.45. The average molecular weight is 313 g/mol. The SMILES string of the molecule is CC(C)N(CCNCC1CCCN(C)C1)C(=O)OC(C)(C)C. The molecule has 1 fully saturated rings. The zero-order valence-corrected chi connectivity index (χ0v) is 15.3. The molecule has 0 spiro atoms. The number of amides is 1. The molecule has 0 bridgehead atoms. The van der Waals surface area contributed by atoms with Gasteiger partial charge in [0.1, 0.15) is 5.60 Å². The van der Waals surface area contributed by atoms with Crippen molar-refractivity contribution in [2.75, 3.05) is 39.8 Å². The molecular formula is C17H35N3O2. The third kappa shape index (κ3) is 7.45. The highest BCUT2D eigenvalue weighted by Gasteiger charge is 2.24. The minimum absolute atomic E-state index is 0.150. The molecule has 1 amide bonds. The molecule has 1 N–H and O–H groups in total. The van der Waals surface area contributed by atoms with E-state index in [9.17, 15) is 4.79 Å². The summed E-state index contributed by atoms with van der Waals surface area (Å²) in [6.07, 6.45) is 2.37. The minimum atomic E-state index is -0.440. The van der Waals surface area contributed by atoms with Gasteiger partial charge in [0.05, 0.1) is 0 Å². The summed E-state index contributed by atoms with van der Waals surface area (Å²) < 4.78 is 5.47. The monoisotopic (exact) mass is 313 g/mol. The lowest BCUT2D eigenvalue weighted by molar-refractivity contribution is 0.0193. The normalized spacial score (nSPS) is 20.2. The van der Waals surface area contributed by atoms with Gasteiger partial charge in [0, 0.05) is 25.7 Å². The van der Waals surface area contributed by atoms with Crippen LogP contribution in [0.1, 0.15) is 47.5 Å². The van der Waals surface area contributed by atoms with Crippen LogP contribution in [0.15, 0.2) is 0 Å². The lowest BCUT2D eigenvalue weighted by Gasteiger charge is -2.31. The van der Waals surface area contributed by atoms with Crippen molar-refractivity contribution in [1.29, 1.82) is 0 Å². The summed E-state index contributed by atoms with van der Waals surface area (Å²) >= 11 is 0. The van der Waals surface area contributed by atoms with E-state index in [4.69, 9.17) is 4.74 Å². The van der Waals surface area contributed by atoms with Gasteiger partial charge in [-0.1, -0.05) is 0 Å². The largest absolute Gasteiger partial charge is 0.444 e. The van der Waals surface area contributed by atoms with Crippen molar-refractivity contribution < 1.29 is 9.53 Å². The van der Waals surface area contributed by atoms with Gasteiger partial charge in [0.2, 0.25) is 0 Å². The second-order valence-electron chi connectivity index (χ2n) is 7.74. The maximum Gasteiger partial charge on any atom is 0.410 e. The molecule has 0 saturated carbocycles. The molecule has 1 aliphatic heterocycles. The number of hydrogen-bond acceptors (Lipinski definition) is 4. The Morgan fingerprint density at radius 1 is 1.41 bits per heavy atom. The highest BCUT2D eigenvalue weighted by Crippen LogP contribution is 2.14. The Kier molecular flexibility index (Phi) is 7.63. The summed E-state index contributed by atoms with van der Waals surface area (Å²) in [6.45, 7) is 14.7. The molecule has 22 heavy (non-hydrogen) atoms. The summed E-state index contributed by atoms with van der Waals surface area (Å²) in [4.78, 5) is 16.4. The third-order valence-electron chi connectivity index (χ3n) is 3.94. The van der Waals surface area contributed by atoms with Crippen molar-refractivity contribution in [2.45, 2.75) is 59.1 Å². The van der Waals surface area contributed by atoms with Crippen LogP contribution in [0.5, 0.6) is 0 Å². The first-order valence-corrected chi connectivity index (χ1v) is 8.58. The van der Waals surface area contributed by atoms with Gasteiger partial charge >= 0.3 is 6.09 Å². The molecule has 5 nitrogen and oxygen atoms in total. The second kappa shape index (κ2) is 8.73. The van der Waals surface area contributed by atoms with Gasteiger partial charge in [-0.2, -0.15) is 0 Å². The van der Waals surface area contributed by atoms with Crippen LogP contribution in [0, 0.1) is 5.92 Å². The zero-order chi connectivity index (χ0) is 16.8. The molecule has 1 aliphatic rings. The molecule has 1 unspecified atom stereocenters. The smallest absolute Gasteiger partial charge is 0.410 e. The van der Waals surface area contributed by atoms with Crippen LogP contribution in [-0.2, 0) is 4.74 Å². The lowest BCUT2D eigenvalue weighted by atomic mass is 9.98. The van der Waals surface area contributed by atoms with Crippen molar-refractivity contribution in [1.82, 2.24) is 15.1 Å². The van der Waals surface area contributed by atoms with E-state index in [-0.39, 0.29) is 12.1 Å². The molecule has 1 heterocycles. The predicted octanol–water partition coefficient (Wildman–Crippen LogP) is 2.56. The molecule has 130 valence electrons. The van der Waals surface area contributed by atoms with Crippen molar-refractivity contribution >= 4 is 6.09 Å². The number of carbonyl (C=O) groups is 1. The fraction of sp³-hybridized carbons (Fsp3) is 0.941. The topological polar surface area (TPSA) is 44.8 Å². The van der Waals surface area contributed by atoms with Crippen LogP contribution in [-0.4, -0.2) is 67.3 Å². The number of nitrogens with one attached hydrogen (secondary N) is 1. The van der Waals surface area contributed by atoms with Crippen LogP contribution in [0.2, 0.25) is 0 Å². The predicted molar refractivity (Wildman–Crippen MR) is 91.2 cm³/mol. The quantitative estimate of drug-likeness (QED) is 0.766. The summed E-state index contributed by atoms with van der Waals surface area (Å²) in [7, 11) is 2.19. The van der Waals surface area contributed by atoms with Gasteiger partial charge in [-0.15, -0.1) is 0 Å². The highest BCUT2D eigenvalue weighted by atomic mass is 16.6. The van der Waals surface area contributed by atoms with Crippen LogP contribution in [0.3, 0.4) is 0 Å². The van der Waals surface area contributed by atoms with E-state index in [1.165, 1.54) is 25.9 Å². The van der Waals surface area contributed by atoms with E-state index in [0.29, 0.717) is 6.54 Å². The first kappa shape index (κ1) is 19.2. The zero-order valence-electron chi connectivity index (χ0n) is 15.3. The fourth-order valence-corrected chi connectivity index (χ4v) is 2.83. The van der Waals surface area contributed by atoms with Crippen LogP contribution >= 0.6 is 0 Å². The summed E-state index contributed by atoms with van der Waals surface area (Å²) in [5.41, 5.74) is -0.440. The number of hydrogen-bond donors (Lipinski definition) is 1. The third-order valence-corrected chi connectivity index (χ3v) is 3.94. The average Bonchev–Trinajstić information content (AvgIpc) is 2.35. The van der Waals surface area contributed by atoms with Crippen LogP contribution in [0.4, 0.5) is 4.79 Å². The molecule has 0 aromatic rings. The maximum absolute atomic E-state index is 12.2. The Morgan fingerprint density at radius 3 is 2.64 bits per heavy atom. The number of rotatable bonds is 6. The van der Waals surface area contributed by atoms with Gasteiger partial charge in [-0.3, -0.25) is 0 Å². The van der Waals surface area contributed by atoms with E-state index in [2.05, 4.69) is 17.3 Å². The van der Waals surface area contributed by atoms with Gasteiger partial charge < -0.3 is 19.9 Å². The van der Waals surface area contributed by atoms with Crippen LogP contribution < -0.4 is 5.32 Å². The highest BCUT2D eigenvalue weighted by molar-refractivity contribution is 5.68.